The van der Waals surface area contributed by atoms with Crippen molar-refractivity contribution in [2.75, 3.05) is 26.7 Å². The molecule has 3 aromatic rings. The van der Waals surface area contributed by atoms with Crippen LogP contribution in [0.3, 0.4) is 0 Å². The number of imidazole rings is 1. The van der Waals surface area contributed by atoms with E-state index in [0.29, 0.717) is 36.1 Å². The molecule has 1 aliphatic rings. The molecule has 14 N–H and O–H groups in total. The van der Waals surface area contributed by atoms with Gasteiger partial charge in [-0.05, 0) is 67.8 Å². The third-order valence-electron chi connectivity index (χ3n) is 12.3. The average molecular weight is 1000 g/mol. The second kappa shape index (κ2) is 28.3. The minimum absolute atomic E-state index is 0.0451. The molecule has 7 amide bonds. The minimum atomic E-state index is -1.38. The van der Waals surface area contributed by atoms with Gasteiger partial charge in [-0.1, -0.05) is 76.6 Å². The predicted molar refractivity (Wildman–Crippen MR) is 266 cm³/mol. The molecule has 72 heavy (non-hydrogen) atoms. The number of carbonyl (C=O) groups excluding carboxylic acids is 7. The quantitative estimate of drug-likeness (QED) is 0.0239. The van der Waals surface area contributed by atoms with Gasteiger partial charge in [0.25, 0.3) is 0 Å². The lowest BCUT2D eigenvalue weighted by Crippen LogP contribution is -2.61. The minimum Gasteiger partial charge on any atom is -0.508 e. The zero-order valence-electron chi connectivity index (χ0n) is 41.5. The molecule has 2 heterocycles. The standard InChI is InChI=1S/C49H71N13O10/c1-6-29(4)41(48(71)72)61-45(68)38-15-11-21-62(38)47(70)37(24-32-25-53-27-55-32)59-44(67)35(22-30-12-8-7-9-13-30)57-43(66)36(23-31-16-18-33(63)19-17-31)58-46(69)40(28(2)3)60-42(65)34(56-39(64)26-52-5)14-10-20-54-49(50)51/h7-9,12-13,16-19,25,27-29,34-38,40-41,52,63H,6,10-11,14-15,20-24,26H2,1-5H3,(H,53,55)(H,56,64)(H,57,66)(H,58,69)(H,59,67)(H,60,65)(H,61,68)(H,71,72)(H4,50,51,54)/t29-,34-,35-,36-,37-,38-,40-,41-/m0/s1. The number of guanidine groups is 1. The van der Waals surface area contributed by atoms with E-state index in [4.69, 9.17) is 11.5 Å². The number of phenolic OH excluding ortho intramolecular Hbond substituents is 1. The van der Waals surface area contributed by atoms with E-state index in [-0.39, 0.29) is 63.4 Å². The van der Waals surface area contributed by atoms with Crippen LogP contribution in [0.2, 0.25) is 0 Å². The largest absolute Gasteiger partial charge is 0.508 e. The Labute approximate surface area is 418 Å². The number of hydrogen-bond acceptors (Lipinski definition) is 12. The molecule has 1 fully saturated rings. The van der Waals surface area contributed by atoms with Gasteiger partial charge in [-0.3, -0.25) is 38.6 Å². The maximum Gasteiger partial charge on any atom is 0.326 e. The Morgan fingerprint density at radius 3 is 1.96 bits per heavy atom. The molecule has 1 aromatic heterocycles. The molecule has 8 atom stereocenters. The van der Waals surface area contributed by atoms with Gasteiger partial charge in [0.1, 0.15) is 48.0 Å². The van der Waals surface area contributed by atoms with Crippen LogP contribution in [0.4, 0.5) is 0 Å². The van der Waals surface area contributed by atoms with E-state index in [0.717, 1.165) is 0 Å². The molecule has 0 aliphatic carbocycles. The van der Waals surface area contributed by atoms with Crippen molar-refractivity contribution >= 4 is 53.3 Å². The van der Waals surface area contributed by atoms with E-state index >= 15 is 0 Å². The molecule has 0 bridgehead atoms. The molecule has 392 valence electrons. The fourth-order valence-corrected chi connectivity index (χ4v) is 8.16. The topological polar surface area (TPSA) is 358 Å². The molecule has 1 aliphatic heterocycles. The smallest absolute Gasteiger partial charge is 0.326 e. The van der Waals surface area contributed by atoms with E-state index in [9.17, 15) is 48.6 Å². The molecule has 23 nitrogen and oxygen atoms in total. The molecule has 0 unspecified atom stereocenters. The van der Waals surface area contributed by atoms with Crippen molar-refractivity contribution in [2.24, 2.45) is 28.3 Å². The van der Waals surface area contributed by atoms with Gasteiger partial charge in [-0.2, -0.15) is 0 Å². The number of aliphatic imine (C=N–C) groups is 1. The Balaban J connectivity index is 1.64. The first-order valence-electron chi connectivity index (χ1n) is 24.1. The van der Waals surface area contributed by atoms with Crippen LogP contribution in [-0.4, -0.2) is 147 Å². The lowest BCUT2D eigenvalue weighted by molar-refractivity contribution is -0.146. The normalized spacial score (nSPS) is 16.1. The fourth-order valence-electron chi connectivity index (χ4n) is 8.16. The van der Waals surface area contributed by atoms with Crippen molar-refractivity contribution in [2.45, 2.75) is 121 Å². The average Bonchev–Trinajstić information content (AvgIpc) is 4.06. The van der Waals surface area contributed by atoms with Crippen molar-refractivity contribution < 1.29 is 48.6 Å². The van der Waals surface area contributed by atoms with Crippen LogP contribution in [-0.2, 0) is 57.6 Å². The van der Waals surface area contributed by atoms with Gasteiger partial charge in [0.15, 0.2) is 5.96 Å². The van der Waals surface area contributed by atoms with Crippen molar-refractivity contribution in [3.8, 4) is 5.75 Å². The number of likely N-dealkylation sites (tertiary alicyclic amines) is 1. The third-order valence-corrected chi connectivity index (χ3v) is 12.3. The Morgan fingerprint density at radius 1 is 0.778 bits per heavy atom. The lowest BCUT2D eigenvalue weighted by Gasteiger charge is -2.31. The van der Waals surface area contributed by atoms with Crippen LogP contribution in [0.1, 0.15) is 76.6 Å². The fraction of sp³-hybridized carbons (Fsp3) is 0.510. The number of hydrogen-bond donors (Lipinski definition) is 12. The van der Waals surface area contributed by atoms with Gasteiger partial charge < -0.3 is 68.8 Å². The number of carbonyl (C=O) groups is 8. The van der Waals surface area contributed by atoms with Gasteiger partial charge in [-0.25, -0.2) is 9.78 Å². The maximum absolute atomic E-state index is 14.7. The number of likely N-dealkylation sites (N-methyl/N-ethyl adjacent to an activating group) is 1. The van der Waals surface area contributed by atoms with E-state index < -0.39 is 101 Å². The summed E-state index contributed by atoms with van der Waals surface area (Å²) in [5.74, 6) is -7.06. The Morgan fingerprint density at radius 2 is 1.39 bits per heavy atom. The molecule has 4 rings (SSSR count). The number of carboxylic acid groups (broad SMARTS) is 1. The summed E-state index contributed by atoms with van der Waals surface area (Å²) in [5.41, 5.74) is 12.5. The zero-order valence-corrected chi connectivity index (χ0v) is 41.5. The van der Waals surface area contributed by atoms with Gasteiger partial charge in [0.05, 0.1) is 12.9 Å². The van der Waals surface area contributed by atoms with Crippen LogP contribution in [0.15, 0.2) is 72.1 Å². The number of phenols is 1. The predicted octanol–water partition coefficient (Wildman–Crippen LogP) is -0.897. The van der Waals surface area contributed by atoms with Gasteiger partial charge >= 0.3 is 5.97 Å². The Hall–Kier alpha value is -7.56. The van der Waals surface area contributed by atoms with Gasteiger partial charge in [0.2, 0.25) is 41.4 Å². The summed E-state index contributed by atoms with van der Waals surface area (Å²) in [6.45, 7) is 7.12. The monoisotopic (exact) mass is 1000 g/mol. The number of nitrogens with zero attached hydrogens (tertiary/aromatic N) is 3. The number of nitrogens with one attached hydrogen (secondary N) is 8. The first-order valence-corrected chi connectivity index (χ1v) is 24.1. The first-order chi connectivity index (χ1) is 34.3. The van der Waals surface area contributed by atoms with Crippen molar-refractivity contribution in [3.05, 3.63) is 83.9 Å². The van der Waals surface area contributed by atoms with Crippen LogP contribution in [0.25, 0.3) is 0 Å². The summed E-state index contributed by atoms with van der Waals surface area (Å²) in [6, 6.07) is 6.15. The molecular weight excluding hydrogens is 931 g/mol. The highest BCUT2D eigenvalue weighted by Crippen LogP contribution is 2.21. The Kier molecular flexibility index (Phi) is 22.4. The van der Waals surface area contributed by atoms with Crippen molar-refractivity contribution in [3.63, 3.8) is 0 Å². The lowest BCUT2D eigenvalue weighted by atomic mass is 9.98. The van der Waals surface area contributed by atoms with E-state index in [2.05, 4.69) is 52.2 Å². The highest BCUT2D eigenvalue weighted by Gasteiger charge is 2.41. The van der Waals surface area contributed by atoms with E-state index in [1.165, 1.54) is 29.6 Å². The molecule has 0 radical (unpaired) electrons. The SMILES string of the molecule is CC[C@H](C)[C@H](NC(=O)[C@@H]1CCCN1C(=O)[C@H](Cc1cnc[nH]1)NC(=O)[C@H](Cc1ccccc1)NC(=O)[C@H](Cc1ccc(O)cc1)NC(=O)[C@@H](NC(=O)[C@H](CCCN=C(N)N)NC(=O)CNC)C(C)C)C(=O)O. The number of carboxylic acids is 1. The van der Waals surface area contributed by atoms with E-state index in [1.54, 1.807) is 77.2 Å². The molecule has 0 spiro atoms. The molecule has 1 saturated heterocycles. The van der Waals surface area contributed by atoms with Gasteiger partial charge in [-0.15, -0.1) is 0 Å². The second-order valence-electron chi connectivity index (χ2n) is 18.3. The molecule has 23 heteroatoms. The third kappa shape index (κ3) is 17.7. The second-order valence-corrected chi connectivity index (χ2v) is 18.3. The van der Waals surface area contributed by atoms with Crippen LogP contribution < -0.4 is 48.7 Å². The van der Waals surface area contributed by atoms with E-state index in [1.807, 2.05) is 0 Å². The number of aromatic hydroxyl groups is 1. The maximum atomic E-state index is 14.7. The number of aliphatic carboxylic acids is 1. The van der Waals surface area contributed by atoms with Crippen LogP contribution >= 0.6 is 0 Å². The summed E-state index contributed by atoms with van der Waals surface area (Å²) in [5, 5.41) is 39.0. The summed E-state index contributed by atoms with van der Waals surface area (Å²) < 4.78 is 0. The number of H-pyrrole nitrogens is 1. The molecule has 0 saturated carbocycles. The molecular formula is C49H71N13O10. The summed E-state index contributed by atoms with van der Waals surface area (Å²) in [6.07, 6.45) is 4.18. The highest BCUT2D eigenvalue weighted by molar-refractivity contribution is 5.98. The number of rotatable bonds is 28. The summed E-state index contributed by atoms with van der Waals surface area (Å²) in [4.78, 5) is 123. The number of amides is 7. The number of benzene rings is 2. The van der Waals surface area contributed by atoms with Crippen molar-refractivity contribution in [1.82, 2.24) is 52.1 Å². The van der Waals surface area contributed by atoms with Crippen LogP contribution in [0, 0.1) is 11.8 Å². The molecule has 2 aromatic carbocycles. The summed E-state index contributed by atoms with van der Waals surface area (Å²) in [7, 11) is 1.57. The first kappa shape index (κ1) is 57.0. The number of aromatic nitrogens is 2. The Bertz CT molecular complexity index is 2310. The van der Waals surface area contributed by atoms with Crippen LogP contribution in [0.5, 0.6) is 5.75 Å². The van der Waals surface area contributed by atoms with Crippen molar-refractivity contribution in [1.29, 1.82) is 0 Å². The number of aromatic amines is 1. The zero-order chi connectivity index (χ0) is 52.9. The summed E-state index contributed by atoms with van der Waals surface area (Å²) >= 11 is 0. The van der Waals surface area contributed by atoms with Gasteiger partial charge in [0, 0.05) is 44.2 Å². The highest BCUT2D eigenvalue weighted by atomic mass is 16.4. The number of nitrogens with two attached hydrogens (primary N) is 2.